The van der Waals surface area contributed by atoms with Crippen LogP contribution < -0.4 is 11.1 Å². The Balaban J connectivity index is 2.84. The van der Waals surface area contributed by atoms with Gasteiger partial charge in [-0.15, -0.1) is 0 Å². The van der Waals surface area contributed by atoms with Crippen LogP contribution in [-0.2, 0) is 9.84 Å². The number of nitrogens with two attached hydrogens (primary N) is 1. The van der Waals surface area contributed by atoms with E-state index in [-0.39, 0.29) is 16.8 Å². The molecule has 0 aliphatic heterocycles. The molecule has 0 spiro atoms. The summed E-state index contributed by atoms with van der Waals surface area (Å²) in [6.45, 7) is 7.78. The van der Waals surface area contributed by atoms with E-state index in [4.69, 9.17) is 5.73 Å². The van der Waals surface area contributed by atoms with Crippen molar-refractivity contribution in [3.8, 4) is 0 Å². The van der Waals surface area contributed by atoms with Gasteiger partial charge in [0, 0.05) is 18.2 Å². The number of carbonyl (C=O) groups is 1. The molecule has 0 aliphatic rings. The molecule has 0 aliphatic carbocycles. The van der Waals surface area contributed by atoms with Crippen molar-refractivity contribution in [2.75, 3.05) is 6.54 Å². The Labute approximate surface area is 133 Å². The lowest BCUT2D eigenvalue weighted by Crippen LogP contribution is -2.41. The first-order valence-corrected chi connectivity index (χ1v) is 9.08. The summed E-state index contributed by atoms with van der Waals surface area (Å²) in [6, 6.07) is 5.95. The van der Waals surface area contributed by atoms with Gasteiger partial charge in [0.1, 0.15) is 0 Å². The smallest absolute Gasteiger partial charge is 0.251 e. The summed E-state index contributed by atoms with van der Waals surface area (Å²) in [5.41, 5.74) is 6.10. The number of nitrogens with one attached hydrogen (secondary N) is 1. The van der Waals surface area contributed by atoms with Crippen molar-refractivity contribution >= 4 is 15.7 Å². The second-order valence-corrected chi connectivity index (χ2v) is 8.66. The molecule has 0 saturated carbocycles. The van der Waals surface area contributed by atoms with Gasteiger partial charge >= 0.3 is 0 Å². The van der Waals surface area contributed by atoms with Gasteiger partial charge in [0.2, 0.25) is 0 Å². The van der Waals surface area contributed by atoms with Crippen LogP contribution in [0.4, 0.5) is 0 Å². The van der Waals surface area contributed by atoms with Crippen LogP contribution in [0.25, 0.3) is 0 Å². The van der Waals surface area contributed by atoms with Crippen LogP contribution in [0.5, 0.6) is 0 Å². The molecule has 0 saturated heterocycles. The van der Waals surface area contributed by atoms with Gasteiger partial charge in [-0.3, -0.25) is 4.79 Å². The highest BCUT2D eigenvalue weighted by atomic mass is 32.2. The van der Waals surface area contributed by atoms with Crippen LogP contribution in [0.1, 0.15) is 44.5 Å². The van der Waals surface area contributed by atoms with Gasteiger partial charge in [-0.1, -0.05) is 13.8 Å². The summed E-state index contributed by atoms with van der Waals surface area (Å²) in [6.07, 6.45) is 0.808. The largest absolute Gasteiger partial charge is 0.348 e. The molecule has 0 bridgehead atoms. The Bertz CT molecular complexity index is 592. The molecule has 1 aromatic carbocycles. The Morgan fingerprint density at radius 3 is 2.09 bits per heavy atom. The Morgan fingerprint density at radius 2 is 1.68 bits per heavy atom. The average Bonchev–Trinajstić information content (AvgIpc) is 2.45. The van der Waals surface area contributed by atoms with Crippen molar-refractivity contribution in [2.24, 2.45) is 11.7 Å². The summed E-state index contributed by atoms with van der Waals surface area (Å²) >= 11 is 0. The molecule has 1 amide bonds. The zero-order valence-corrected chi connectivity index (χ0v) is 14.5. The SMILES string of the molecule is CC(C)CC(CN)NC(=O)c1ccc(S(=O)(=O)C(C)C)cc1. The summed E-state index contributed by atoms with van der Waals surface area (Å²) < 4.78 is 24.1. The molecule has 0 heterocycles. The van der Waals surface area contributed by atoms with Gasteiger partial charge in [0.25, 0.3) is 5.91 Å². The van der Waals surface area contributed by atoms with E-state index in [0.717, 1.165) is 6.42 Å². The van der Waals surface area contributed by atoms with Gasteiger partial charge in [-0.25, -0.2) is 8.42 Å². The van der Waals surface area contributed by atoms with Crippen molar-refractivity contribution in [3.63, 3.8) is 0 Å². The van der Waals surface area contributed by atoms with Crippen molar-refractivity contribution in [2.45, 2.75) is 50.3 Å². The van der Waals surface area contributed by atoms with Gasteiger partial charge in [0.05, 0.1) is 10.1 Å². The highest BCUT2D eigenvalue weighted by Gasteiger charge is 2.20. The van der Waals surface area contributed by atoms with Crippen molar-refractivity contribution < 1.29 is 13.2 Å². The van der Waals surface area contributed by atoms with E-state index in [0.29, 0.717) is 18.0 Å². The molecule has 0 aromatic heterocycles. The minimum Gasteiger partial charge on any atom is -0.348 e. The highest BCUT2D eigenvalue weighted by molar-refractivity contribution is 7.92. The number of hydrogen-bond donors (Lipinski definition) is 2. The third-order valence-corrected chi connectivity index (χ3v) is 5.61. The van der Waals surface area contributed by atoms with Crippen molar-refractivity contribution in [3.05, 3.63) is 29.8 Å². The molecular weight excluding hydrogens is 300 g/mol. The second kappa shape index (κ2) is 7.74. The summed E-state index contributed by atoms with van der Waals surface area (Å²) in [4.78, 5) is 12.4. The lowest BCUT2D eigenvalue weighted by Gasteiger charge is -2.19. The Hall–Kier alpha value is -1.40. The molecule has 3 N–H and O–H groups in total. The standard InChI is InChI=1S/C16H26N2O3S/c1-11(2)9-14(10-17)18-16(19)13-5-7-15(8-6-13)22(20,21)12(3)4/h5-8,11-12,14H,9-10,17H2,1-4H3,(H,18,19). The highest BCUT2D eigenvalue weighted by Crippen LogP contribution is 2.16. The van der Waals surface area contributed by atoms with E-state index in [2.05, 4.69) is 19.2 Å². The molecular formula is C16H26N2O3S. The van der Waals surface area contributed by atoms with Crippen LogP contribution in [0.2, 0.25) is 0 Å². The maximum atomic E-state index is 12.2. The van der Waals surface area contributed by atoms with Crippen LogP contribution >= 0.6 is 0 Å². The first kappa shape index (κ1) is 18.6. The lowest BCUT2D eigenvalue weighted by molar-refractivity contribution is 0.0933. The zero-order valence-electron chi connectivity index (χ0n) is 13.7. The molecule has 0 radical (unpaired) electrons. The van der Waals surface area contributed by atoms with Gasteiger partial charge in [-0.2, -0.15) is 0 Å². The van der Waals surface area contributed by atoms with E-state index >= 15 is 0 Å². The number of rotatable bonds is 7. The van der Waals surface area contributed by atoms with Crippen molar-refractivity contribution in [1.82, 2.24) is 5.32 Å². The van der Waals surface area contributed by atoms with Gasteiger partial charge < -0.3 is 11.1 Å². The molecule has 6 heteroatoms. The third kappa shape index (κ3) is 4.81. The predicted molar refractivity (Wildman–Crippen MR) is 88.5 cm³/mol. The van der Waals surface area contributed by atoms with Crippen LogP contribution in [-0.4, -0.2) is 32.2 Å². The van der Waals surface area contributed by atoms with Crippen molar-refractivity contribution in [1.29, 1.82) is 0 Å². The van der Waals surface area contributed by atoms with Gasteiger partial charge in [-0.05, 0) is 50.5 Å². The molecule has 1 unspecified atom stereocenters. The average molecular weight is 326 g/mol. The lowest BCUT2D eigenvalue weighted by atomic mass is 10.0. The van der Waals surface area contributed by atoms with E-state index in [1.54, 1.807) is 13.8 Å². The fourth-order valence-corrected chi connectivity index (χ4v) is 3.18. The normalized spacial score (nSPS) is 13.4. The quantitative estimate of drug-likeness (QED) is 0.801. The topological polar surface area (TPSA) is 89.3 Å². The van der Waals surface area contributed by atoms with E-state index in [1.807, 2.05) is 0 Å². The van der Waals surface area contributed by atoms with E-state index in [9.17, 15) is 13.2 Å². The summed E-state index contributed by atoms with van der Waals surface area (Å²) in [5, 5.41) is 2.40. The first-order valence-electron chi connectivity index (χ1n) is 7.53. The number of benzene rings is 1. The molecule has 0 fully saturated rings. The molecule has 22 heavy (non-hydrogen) atoms. The van der Waals surface area contributed by atoms with Crippen LogP contribution in [0, 0.1) is 5.92 Å². The minimum atomic E-state index is -3.31. The third-order valence-electron chi connectivity index (χ3n) is 3.44. The first-order chi connectivity index (χ1) is 10.2. The minimum absolute atomic E-state index is 0.0772. The molecule has 5 nitrogen and oxygen atoms in total. The number of sulfone groups is 1. The Kier molecular flexibility index (Phi) is 6.56. The fraction of sp³-hybridized carbons (Fsp3) is 0.562. The van der Waals surface area contributed by atoms with E-state index in [1.165, 1.54) is 24.3 Å². The molecule has 1 aromatic rings. The summed E-state index contributed by atoms with van der Waals surface area (Å²) in [5.74, 6) is 0.206. The summed E-state index contributed by atoms with van der Waals surface area (Å²) in [7, 11) is -3.31. The number of carbonyl (C=O) groups excluding carboxylic acids is 1. The molecule has 1 rings (SSSR count). The Morgan fingerprint density at radius 1 is 1.14 bits per heavy atom. The molecule has 124 valence electrons. The maximum absolute atomic E-state index is 12.2. The maximum Gasteiger partial charge on any atom is 0.251 e. The van der Waals surface area contributed by atoms with Gasteiger partial charge in [0.15, 0.2) is 9.84 Å². The predicted octanol–water partition coefficient (Wildman–Crippen LogP) is 1.97. The monoisotopic (exact) mass is 326 g/mol. The molecule has 1 atom stereocenters. The number of amides is 1. The second-order valence-electron chi connectivity index (χ2n) is 6.15. The number of hydrogen-bond acceptors (Lipinski definition) is 4. The fourth-order valence-electron chi connectivity index (χ4n) is 2.12. The van der Waals surface area contributed by atoms with Crippen LogP contribution in [0.3, 0.4) is 0 Å². The zero-order chi connectivity index (χ0) is 16.9. The van der Waals surface area contributed by atoms with E-state index < -0.39 is 15.1 Å². The van der Waals surface area contributed by atoms with Crippen LogP contribution in [0.15, 0.2) is 29.2 Å².